The third kappa shape index (κ3) is 1.80. The van der Waals surface area contributed by atoms with Crippen LogP contribution in [-0.4, -0.2) is 4.98 Å². The number of nitrogen functional groups attached to an aromatic ring is 1. The van der Waals surface area contributed by atoms with Crippen LogP contribution in [0, 0.1) is 5.92 Å². The molecule has 0 aromatic carbocycles. The van der Waals surface area contributed by atoms with Gasteiger partial charge in [0.25, 0.3) is 0 Å². The molecule has 0 bridgehead atoms. The minimum Gasteiger partial charge on any atom is -0.375 e. The fourth-order valence-corrected chi connectivity index (χ4v) is 2.60. The van der Waals surface area contributed by atoms with Gasteiger partial charge >= 0.3 is 0 Å². The first-order valence-corrected chi connectivity index (χ1v) is 4.81. The second-order valence-electron chi connectivity index (χ2n) is 3.27. The Hall–Kier alpha value is -0.0900. The van der Waals surface area contributed by atoms with E-state index in [1.165, 1.54) is 23.4 Å². The van der Waals surface area contributed by atoms with Crippen LogP contribution in [0.5, 0.6) is 0 Å². The first kappa shape index (κ1) is 9.99. The summed E-state index contributed by atoms with van der Waals surface area (Å²) < 4.78 is 0. The third-order valence-corrected chi connectivity index (χ3v) is 3.15. The van der Waals surface area contributed by atoms with E-state index in [0.29, 0.717) is 0 Å². The van der Waals surface area contributed by atoms with Crippen molar-refractivity contribution < 1.29 is 0 Å². The van der Waals surface area contributed by atoms with Crippen LogP contribution in [-0.2, 0) is 12.8 Å². The number of aromatic nitrogens is 1. The van der Waals surface area contributed by atoms with Gasteiger partial charge < -0.3 is 5.73 Å². The van der Waals surface area contributed by atoms with Gasteiger partial charge in [0.1, 0.15) is 0 Å². The standard InChI is InChI=1S/C8H12N2S.BrH/c1-5-2-3-6-7(4-5)11-8(9)10-6;/h5H,2-4H2,1H3,(H2,9,10);1H. The summed E-state index contributed by atoms with van der Waals surface area (Å²) in [5, 5.41) is 0.740. The maximum absolute atomic E-state index is 5.61. The molecule has 68 valence electrons. The molecule has 1 aliphatic rings. The SMILES string of the molecule is Br.CC1CCc2nc(N)sc2C1. The Kier molecular flexibility index (Phi) is 3.12. The molecule has 1 unspecified atom stereocenters. The predicted molar refractivity (Wildman–Crippen MR) is 58.0 cm³/mol. The van der Waals surface area contributed by atoms with E-state index in [-0.39, 0.29) is 17.0 Å². The van der Waals surface area contributed by atoms with E-state index in [1.807, 2.05) is 0 Å². The molecule has 4 heteroatoms. The zero-order valence-corrected chi connectivity index (χ0v) is 9.57. The zero-order chi connectivity index (χ0) is 7.84. The largest absolute Gasteiger partial charge is 0.375 e. The number of fused-ring (bicyclic) bond motifs is 1. The van der Waals surface area contributed by atoms with Gasteiger partial charge in [-0.1, -0.05) is 6.92 Å². The van der Waals surface area contributed by atoms with Gasteiger partial charge in [0.2, 0.25) is 0 Å². The first-order chi connectivity index (χ1) is 5.25. The summed E-state index contributed by atoms with van der Waals surface area (Å²) in [5.74, 6) is 0.822. The monoisotopic (exact) mass is 248 g/mol. The van der Waals surface area contributed by atoms with E-state index in [4.69, 9.17) is 5.73 Å². The number of nitrogens with zero attached hydrogens (tertiary/aromatic N) is 1. The van der Waals surface area contributed by atoms with Gasteiger partial charge in [0.05, 0.1) is 5.69 Å². The van der Waals surface area contributed by atoms with Crippen LogP contribution in [0.15, 0.2) is 0 Å². The second kappa shape index (κ2) is 3.75. The lowest BCUT2D eigenvalue weighted by atomic mass is 9.93. The Morgan fingerprint density at radius 2 is 2.33 bits per heavy atom. The van der Waals surface area contributed by atoms with E-state index in [0.717, 1.165) is 17.5 Å². The normalized spacial score (nSPS) is 21.2. The summed E-state index contributed by atoms with van der Waals surface area (Å²) in [4.78, 5) is 5.70. The number of nitrogens with two attached hydrogens (primary N) is 1. The molecule has 1 aliphatic carbocycles. The van der Waals surface area contributed by atoms with Crippen LogP contribution in [0.2, 0.25) is 0 Å². The number of hydrogen-bond donors (Lipinski definition) is 1. The van der Waals surface area contributed by atoms with Crippen molar-refractivity contribution >= 4 is 33.4 Å². The maximum Gasteiger partial charge on any atom is 0.180 e. The van der Waals surface area contributed by atoms with Crippen molar-refractivity contribution in [2.45, 2.75) is 26.2 Å². The van der Waals surface area contributed by atoms with Gasteiger partial charge in [-0.2, -0.15) is 0 Å². The van der Waals surface area contributed by atoms with Crippen molar-refractivity contribution in [3.8, 4) is 0 Å². The fraction of sp³-hybridized carbons (Fsp3) is 0.625. The van der Waals surface area contributed by atoms with Crippen molar-refractivity contribution in [2.75, 3.05) is 5.73 Å². The zero-order valence-electron chi connectivity index (χ0n) is 7.04. The molecular formula is C8H13BrN2S. The van der Waals surface area contributed by atoms with Gasteiger partial charge in [-0.05, 0) is 25.2 Å². The molecule has 1 aromatic heterocycles. The van der Waals surface area contributed by atoms with Crippen molar-refractivity contribution in [1.29, 1.82) is 0 Å². The lowest BCUT2D eigenvalue weighted by Gasteiger charge is -2.15. The molecule has 0 radical (unpaired) electrons. The molecule has 0 fully saturated rings. The quantitative estimate of drug-likeness (QED) is 0.766. The summed E-state index contributed by atoms with van der Waals surface area (Å²) >= 11 is 1.66. The van der Waals surface area contributed by atoms with E-state index >= 15 is 0 Å². The lowest BCUT2D eigenvalue weighted by molar-refractivity contribution is 0.502. The average Bonchev–Trinajstić information content (AvgIpc) is 2.27. The Labute approximate surface area is 87.0 Å². The van der Waals surface area contributed by atoms with Crippen molar-refractivity contribution in [1.82, 2.24) is 4.98 Å². The number of rotatable bonds is 0. The molecule has 0 saturated carbocycles. The number of hydrogen-bond acceptors (Lipinski definition) is 3. The molecular weight excluding hydrogens is 236 g/mol. The molecule has 1 atom stereocenters. The van der Waals surface area contributed by atoms with Crippen molar-refractivity contribution in [3.63, 3.8) is 0 Å². The summed E-state index contributed by atoms with van der Waals surface area (Å²) in [6, 6.07) is 0. The van der Waals surface area contributed by atoms with Gasteiger partial charge in [0, 0.05) is 4.88 Å². The van der Waals surface area contributed by atoms with Crippen LogP contribution in [0.1, 0.15) is 23.9 Å². The van der Waals surface area contributed by atoms with E-state index in [1.54, 1.807) is 11.3 Å². The van der Waals surface area contributed by atoms with Crippen LogP contribution in [0.3, 0.4) is 0 Å². The fourth-order valence-electron chi connectivity index (χ4n) is 1.56. The van der Waals surface area contributed by atoms with Crippen molar-refractivity contribution in [3.05, 3.63) is 10.6 Å². The van der Waals surface area contributed by atoms with E-state index < -0.39 is 0 Å². The Morgan fingerprint density at radius 1 is 1.58 bits per heavy atom. The molecule has 0 saturated heterocycles. The average molecular weight is 249 g/mol. The number of thiazole rings is 1. The van der Waals surface area contributed by atoms with Gasteiger partial charge in [-0.25, -0.2) is 4.98 Å². The van der Waals surface area contributed by atoms with Gasteiger partial charge in [0.15, 0.2) is 5.13 Å². The molecule has 1 heterocycles. The van der Waals surface area contributed by atoms with Crippen LogP contribution in [0.4, 0.5) is 5.13 Å². The molecule has 0 spiro atoms. The third-order valence-electron chi connectivity index (χ3n) is 2.20. The summed E-state index contributed by atoms with van der Waals surface area (Å²) in [6.45, 7) is 2.29. The van der Waals surface area contributed by atoms with Crippen molar-refractivity contribution in [2.24, 2.45) is 5.92 Å². The summed E-state index contributed by atoms with van der Waals surface area (Å²) in [7, 11) is 0. The smallest absolute Gasteiger partial charge is 0.180 e. The molecule has 0 amide bonds. The van der Waals surface area contributed by atoms with Gasteiger partial charge in [-0.15, -0.1) is 28.3 Å². The maximum atomic E-state index is 5.61. The highest BCUT2D eigenvalue weighted by Crippen LogP contribution is 2.30. The Morgan fingerprint density at radius 3 is 3.08 bits per heavy atom. The molecule has 2 rings (SSSR count). The molecule has 2 nitrogen and oxygen atoms in total. The minimum atomic E-state index is 0. The highest BCUT2D eigenvalue weighted by molar-refractivity contribution is 8.93. The number of aryl methyl sites for hydroxylation is 1. The summed E-state index contributed by atoms with van der Waals surface area (Å²) in [6.07, 6.45) is 3.59. The minimum absolute atomic E-state index is 0. The van der Waals surface area contributed by atoms with Gasteiger partial charge in [-0.3, -0.25) is 0 Å². The molecule has 1 aromatic rings. The Balaban J connectivity index is 0.000000720. The van der Waals surface area contributed by atoms with Crippen LogP contribution in [0.25, 0.3) is 0 Å². The number of anilines is 1. The number of halogens is 1. The molecule has 2 N–H and O–H groups in total. The van der Waals surface area contributed by atoms with Crippen LogP contribution >= 0.6 is 28.3 Å². The predicted octanol–water partition coefficient (Wildman–Crippen LogP) is 2.43. The molecule has 0 aliphatic heterocycles. The highest BCUT2D eigenvalue weighted by atomic mass is 79.9. The van der Waals surface area contributed by atoms with E-state index in [9.17, 15) is 0 Å². The first-order valence-electron chi connectivity index (χ1n) is 4.00. The summed E-state index contributed by atoms with van der Waals surface area (Å²) in [5.41, 5.74) is 6.87. The molecule has 12 heavy (non-hydrogen) atoms. The second-order valence-corrected chi connectivity index (χ2v) is 4.39. The Bertz CT molecular complexity index is 272. The topological polar surface area (TPSA) is 38.9 Å². The van der Waals surface area contributed by atoms with Crippen LogP contribution < -0.4 is 5.73 Å². The highest BCUT2D eigenvalue weighted by Gasteiger charge is 2.18. The lowest BCUT2D eigenvalue weighted by Crippen LogP contribution is -2.09. The van der Waals surface area contributed by atoms with E-state index in [2.05, 4.69) is 11.9 Å².